The first-order valence-electron chi connectivity index (χ1n) is 11.3. The first kappa shape index (κ1) is 27.1. The SMILES string of the molecule is CCCCn1c(SCC(=O)NC(=O)NCC(C)C)nc2cc(S(=O)(=O)N(CC)CC)ccc21. The van der Waals surface area contributed by atoms with Crippen LogP contribution in [-0.2, 0) is 21.4 Å². The molecule has 0 radical (unpaired) electrons. The Hall–Kier alpha value is -2.11. The molecule has 0 spiro atoms. The molecule has 33 heavy (non-hydrogen) atoms. The highest BCUT2D eigenvalue weighted by molar-refractivity contribution is 7.99. The Labute approximate surface area is 200 Å². The molecule has 1 heterocycles. The summed E-state index contributed by atoms with van der Waals surface area (Å²) in [6, 6.07) is 4.47. The molecular weight excluding hydrogens is 462 g/mol. The summed E-state index contributed by atoms with van der Waals surface area (Å²) in [5.41, 5.74) is 1.39. The fourth-order valence-corrected chi connectivity index (χ4v) is 5.56. The first-order valence-corrected chi connectivity index (χ1v) is 13.8. The number of rotatable bonds is 12. The number of nitrogens with zero attached hydrogens (tertiary/aromatic N) is 3. The predicted molar refractivity (Wildman–Crippen MR) is 132 cm³/mol. The van der Waals surface area contributed by atoms with E-state index in [1.54, 1.807) is 18.2 Å². The van der Waals surface area contributed by atoms with Crippen LogP contribution in [0.25, 0.3) is 11.0 Å². The minimum absolute atomic E-state index is 0.0230. The summed E-state index contributed by atoms with van der Waals surface area (Å²) in [4.78, 5) is 28.9. The Morgan fingerprint density at radius 3 is 2.48 bits per heavy atom. The van der Waals surface area contributed by atoms with Crippen LogP contribution in [0.5, 0.6) is 0 Å². The highest BCUT2D eigenvalue weighted by Gasteiger charge is 2.23. The number of imide groups is 1. The molecule has 2 aromatic rings. The smallest absolute Gasteiger partial charge is 0.321 e. The van der Waals surface area contributed by atoms with E-state index in [-0.39, 0.29) is 16.6 Å². The normalized spacial score (nSPS) is 12.0. The summed E-state index contributed by atoms with van der Waals surface area (Å²) in [6.07, 6.45) is 1.90. The van der Waals surface area contributed by atoms with Gasteiger partial charge in [-0.05, 0) is 30.5 Å². The summed E-state index contributed by atoms with van der Waals surface area (Å²) in [6.45, 7) is 11.6. The van der Waals surface area contributed by atoms with Crippen molar-refractivity contribution in [3.8, 4) is 0 Å². The van der Waals surface area contributed by atoms with E-state index in [2.05, 4.69) is 22.5 Å². The first-order chi connectivity index (χ1) is 15.6. The maximum atomic E-state index is 12.9. The topological polar surface area (TPSA) is 113 Å². The highest BCUT2D eigenvalue weighted by Crippen LogP contribution is 2.27. The number of aromatic nitrogens is 2. The lowest BCUT2D eigenvalue weighted by Gasteiger charge is -2.18. The number of sulfonamides is 1. The molecule has 1 aromatic heterocycles. The number of carbonyl (C=O) groups is 2. The molecule has 0 bridgehead atoms. The van der Waals surface area contributed by atoms with E-state index in [0.29, 0.717) is 36.9 Å². The average Bonchev–Trinajstić information content (AvgIpc) is 3.12. The van der Waals surface area contributed by atoms with Gasteiger partial charge in [-0.1, -0.05) is 52.8 Å². The second-order valence-electron chi connectivity index (χ2n) is 8.08. The minimum atomic E-state index is -3.60. The van der Waals surface area contributed by atoms with Crippen LogP contribution in [0.4, 0.5) is 4.79 Å². The van der Waals surface area contributed by atoms with E-state index in [0.717, 1.165) is 18.4 Å². The number of amides is 3. The fraction of sp³-hybridized carbons (Fsp3) is 0.591. The molecular formula is C22H35N5O4S2. The lowest BCUT2D eigenvalue weighted by atomic mass is 10.2. The van der Waals surface area contributed by atoms with Crippen LogP contribution >= 0.6 is 11.8 Å². The van der Waals surface area contributed by atoms with Gasteiger partial charge in [-0.2, -0.15) is 4.31 Å². The van der Waals surface area contributed by atoms with Crippen LogP contribution in [-0.4, -0.2) is 59.6 Å². The zero-order valence-electron chi connectivity index (χ0n) is 20.1. The average molecular weight is 498 g/mol. The van der Waals surface area contributed by atoms with E-state index in [9.17, 15) is 18.0 Å². The molecule has 3 amide bonds. The van der Waals surface area contributed by atoms with Crippen molar-refractivity contribution in [3.63, 3.8) is 0 Å². The summed E-state index contributed by atoms with van der Waals surface area (Å²) < 4.78 is 29.2. The second-order valence-corrected chi connectivity index (χ2v) is 11.0. The third kappa shape index (κ3) is 7.18. The second kappa shape index (κ2) is 12.4. The van der Waals surface area contributed by atoms with Crippen LogP contribution in [0.2, 0.25) is 0 Å². The third-order valence-electron chi connectivity index (χ3n) is 5.02. The van der Waals surface area contributed by atoms with E-state index in [4.69, 9.17) is 0 Å². The van der Waals surface area contributed by atoms with E-state index in [1.165, 1.54) is 16.1 Å². The van der Waals surface area contributed by atoms with Crippen molar-refractivity contribution in [3.05, 3.63) is 18.2 Å². The van der Waals surface area contributed by atoms with Crippen LogP contribution in [0, 0.1) is 5.92 Å². The molecule has 9 nitrogen and oxygen atoms in total. The molecule has 1 aromatic carbocycles. The van der Waals surface area contributed by atoms with Gasteiger partial charge in [0.15, 0.2) is 5.16 Å². The van der Waals surface area contributed by atoms with Gasteiger partial charge in [0, 0.05) is 26.2 Å². The highest BCUT2D eigenvalue weighted by atomic mass is 32.2. The van der Waals surface area contributed by atoms with Crippen molar-refractivity contribution in [1.29, 1.82) is 0 Å². The molecule has 184 valence electrons. The molecule has 0 fully saturated rings. The Morgan fingerprint density at radius 1 is 1.18 bits per heavy atom. The van der Waals surface area contributed by atoms with Gasteiger partial charge < -0.3 is 9.88 Å². The summed E-state index contributed by atoms with van der Waals surface area (Å²) >= 11 is 1.23. The maximum Gasteiger partial charge on any atom is 0.321 e. The van der Waals surface area contributed by atoms with Gasteiger partial charge in [-0.25, -0.2) is 18.2 Å². The fourth-order valence-electron chi connectivity index (χ4n) is 3.24. The molecule has 0 aliphatic rings. The largest absolute Gasteiger partial charge is 0.338 e. The number of hydrogen-bond donors (Lipinski definition) is 2. The lowest BCUT2D eigenvalue weighted by molar-refractivity contribution is -0.117. The summed E-state index contributed by atoms with van der Waals surface area (Å²) in [7, 11) is -3.60. The van der Waals surface area contributed by atoms with E-state index >= 15 is 0 Å². The molecule has 2 N–H and O–H groups in total. The van der Waals surface area contributed by atoms with E-state index in [1.807, 2.05) is 32.3 Å². The van der Waals surface area contributed by atoms with Gasteiger partial charge >= 0.3 is 6.03 Å². The van der Waals surface area contributed by atoms with Gasteiger partial charge in [0.05, 0.1) is 21.7 Å². The van der Waals surface area contributed by atoms with Crippen molar-refractivity contribution >= 4 is 44.8 Å². The van der Waals surface area contributed by atoms with E-state index < -0.39 is 22.0 Å². The molecule has 2 rings (SSSR count). The van der Waals surface area contributed by atoms with Crippen LogP contribution in [0.1, 0.15) is 47.5 Å². The molecule has 0 atom stereocenters. The Bertz CT molecular complexity index is 1060. The van der Waals surface area contributed by atoms with Crippen LogP contribution in [0.3, 0.4) is 0 Å². The monoisotopic (exact) mass is 497 g/mol. The van der Waals surface area contributed by atoms with Crippen molar-refractivity contribution in [2.45, 2.75) is 64.1 Å². The number of hydrogen-bond acceptors (Lipinski definition) is 6. The van der Waals surface area contributed by atoms with Crippen molar-refractivity contribution in [2.24, 2.45) is 5.92 Å². The number of thioether (sulfide) groups is 1. The van der Waals surface area contributed by atoms with Crippen molar-refractivity contribution in [1.82, 2.24) is 24.5 Å². The molecule has 0 saturated heterocycles. The van der Waals surface area contributed by atoms with Gasteiger partial charge in [-0.3, -0.25) is 10.1 Å². The number of nitrogens with one attached hydrogen (secondary N) is 2. The maximum absolute atomic E-state index is 12.9. The van der Waals surface area contributed by atoms with Crippen molar-refractivity contribution in [2.75, 3.05) is 25.4 Å². The molecule has 0 aliphatic carbocycles. The number of imidazole rings is 1. The zero-order chi connectivity index (χ0) is 24.6. The van der Waals surface area contributed by atoms with Gasteiger partial charge in [0.2, 0.25) is 15.9 Å². The summed E-state index contributed by atoms with van der Waals surface area (Å²) in [5.74, 6) is -0.107. The molecule has 0 saturated carbocycles. The van der Waals surface area contributed by atoms with Gasteiger partial charge in [-0.15, -0.1) is 0 Å². The van der Waals surface area contributed by atoms with Gasteiger partial charge in [0.1, 0.15) is 0 Å². The molecule has 0 aliphatic heterocycles. The number of carbonyl (C=O) groups excluding carboxylic acids is 2. The van der Waals surface area contributed by atoms with Gasteiger partial charge in [0.25, 0.3) is 0 Å². The minimum Gasteiger partial charge on any atom is -0.338 e. The molecule has 11 heteroatoms. The molecule has 0 unspecified atom stereocenters. The third-order valence-corrected chi connectivity index (χ3v) is 8.04. The standard InChI is InChI=1S/C22H35N5O4S2/c1-6-9-12-27-19-11-10-17(33(30,31)26(7-2)8-3)13-18(19)24-22(27)32-15-20(28)25-21(29)23-14-16(4)5/h10-11,13,16H,6-9,12,14-15H2,1-5H3,(H2,23,25,28,29). The quantitative estimate of drug-likeness (QED) is 0.434. The Morgan fingerprint density at radius 2 is 1.88 bits per heavy atom. The Balaban J connectivity index is 2.25. The number of aryl methyl sites for hydroxylation is 1. The predicted octanol–water partition coefficient (Wildman–Crippen LogP) is 3.44. The number of urea groups is 1. The summed E-state index contributed by atoms with van der Waals surface area (Å²) in [5, 5.41) is 5.59. The van der Waals surface area contributed by atoms with Crippen LogP contribution < -0.4 is 10.6 Å². The Kier molecular flexibility index (Phi) is 10.2. The number of unbranched alkanes of at least 4 members (excludes halogenated alkanes) is 1. The van der Waals surface area contributed by atoms with Crippen LogP contribution in [0.15, 0.2) is 28.3 Å². The number of fused-ring (bicyclic) bond motifs is 1. The zero-order valence-corrected chi connectivity index (χ0v) is 21.7. The lowest BCUT2D eigenvalue weighted by Crippen LogP contribution is -2.41. The van der Waals surface area contributed by atoms with Crippen molar-refractivity contribution < 1.29 is 18.0 Å². The number of benzene rings is 1.